The predicted octanol–water partition coefficient (Wildman–Crippen LogP) is 2.85. The van der Waals surface area contributed by atoms with Crippen LogP contribution in [0.4, 0.5) is 0 Å². The van der Waals surface area contributed by atoms with E-state index in [9.17, 15) is 4.79 Å². The first-order valence-corrected chi connectivity index (χ1v) is 7.05. The van der Waals surface area contributed by atoms with E-state index in [2.05, 4.69) is 11.9 Å². The molecule has 1 aliphatic heterocycles. The molecule has 1 aromatic rings. The molecule has 0 aliphatic carbocycles. The third-order valence-corrected chi connectivity index (χ3v) is 5.32. The highest BCUT2D eigenvalue weighted by molar-refractivity contribution is 8.01. The first-order chi connectivity index (χ1) is 7.10. The Morgan fingerprint density at radius 1 is 1.67 bits per heavy atom. The van der Waals surface area contributed by atoms with Gasteiger partial charge in [-0.2, -0.15) is 0 Å². The lowest BCUT2D eigenvalue weighted by atomic mass is 9.98. The topological polar surface area (TPSA) is 30.0 Å². The van der Waals surface area contributed by atoms with Crippen LogP contribution in [-0.4, -0.2) is 21.3 Å². The third kappa shape index (κ3) is 2.42. The number of aromatic nitrogens is 1. The minimum atomic E-state index is -0.139. The molecule has 2 heterocycles. The number of thiazole rings is 1. The standard InChI is InChI=1S/C11H15NOS2/c1-8-7-14-10(12-8)6-9(13)11(2)4-3-5-15-11/h7H,3-6H2,1-2H3. The minimum Gasteiger partial charge on any atom is -0.298 e. The summed E-state index contributed by atoms with van der Waals surface area (Å²) in [4.78, 5) is 16.4. The molecule has 2 rings (SSSR count). The molecule has 0 spiro atoms. The molecule has 1 aromatic heterocycles. The molecule has 15 heavy (non-hydrogen) atoms. The van der Waals surface area contributed by atoms with Crippen LogP contribution in [0.5, 0.6) is 0 Å². The van der Waals surface area contributed by atoms with Crippen molar-refractivity contribution in [2.24, 2.45) is 0 Å². The van der Waals surface area contributed by atoms with Crippen LogP contribution in [0.2, 0.25) is 0 Å². The van der Waals surface area contributed by atoms with Crippen LogP contribution >= 0.6 is 23.1 Å². The van der Waals surface area contributed by atoms with Crippen LogP contribution < -0.4 is 0 Å². The van der Waals surface area contributed by atoms with Crippen molar-refractivity contribution < 1.29 is 4.79 Å². The Hall–Kier alpha value is -0.350. The highest BCUT2D eigenvalue weighted by atomic mass is 32.2. The van der Waals surface area contributed by atoms with E-state index in [0.717, 1.165) is 22.9 Å². The van der Waals surface area contributed by atoms with Gasteiger partial charge in [-0.3, -0.25) is 4.79 Å². The number of thioether (sulfide) groups is 1. The molecule has 0 aromatic carbocycles. The van der Waals surface area contributed by atoms with Crippen LogP contribution in [0.3, 0.4) is 0 Å². The van der Waals surface area contributed by atoms with E-state index in [1.165, 1.54) is 6.42 Å². The highest BCUT2D eigenvalue weighted by Crippen LogP contribution is 2.39. The van der Waals surface area contributed by atoms with Gasteiger partial charge in [0.25, 0.3) is 0 Å². The largest absolute Gasteiger partial charge is 0.298 e. The zero-order valence-electron chi connectivity index (χ0n) is 9.08. The Kier molecular flexibility index (Phi) is 3.16. The molecule has 1 atom stereocenters. The van der Waals surface area contributed by atoms with Crippen LogP contribution in [0.15, 0.2) is 5.38 Å². The molecule has 4 heteroatoms. The molecule has 2 nitrogen and oxygen atoms in total. The summed E-state index contributed by atoms with van der Waals surface area (Å²) in [5.41, 5.74) is 1.02. The number of ketones is 1. The van der Waals surface area contributed by atoms with Crippen LogP contribution in [0, 0.1) is 6.92 Å². The van der Waals surface area contributed by atoms with Crippen LogP contribution in [0.25, 0.3) is 0 Å². The fourth-order valence-corrected chi connectivity index (χ4v) is 3.84. The van der Waals surface area contributed by atoms with Crippen molar-refractivity contribution in [1.82, 2.24) is 4.98 Å². The van der Waals surface area contributed by atoms with Gasteiger partial charge in [-0.05, 0) is 32.4 Å². The number of rotatable bonds is 3. The molecule has 0 N–H and O–H groups in total. The highest BCUT2D eigenvalue weighted by Gasteiger charge is 2.36. The molecular weight excluding hydrogens is 226 g/mol. The SMILES string of the molecule is Cc1csc(CC(=O)C2(C)CCCS2)n1. The molecule has 1 unspecified atom stereocenters. The average molecular weight is 241 g/mol. The lowest BCUT2D eigenvalue weighted by molar-refractivity contribution is -0.120. The zero-order valence-corrected chi connectivity index (χ0v) is 10.7. The summed E-state index contributed by atoms with van der Waals surface area (Å²) in [6, 6.07) is 0. The first kappa shape index (κ1) is 11.1. The quantitative estimate of drug-likeness (QED) is 0.815. The molecule has 1 aliphatic rings. The molecule has 0 bridgehead atoms. The maximum atomic E-state index is 12.1. The van der Waals surface area contributed by atoms with E-state index in [-0.39, 0.29) is 4.75 Å². The molecule has 1 fully saturated rings. The second-order valence-electron chi connectivity index (χ2n) is 4.17. The van der Waals surface area contributed by atoms with Gasteiger partial charge < -0.3 is 0 Å². The van der Waals surface area contributed by atoms with Gasteiger partial charge in [0.15, 0.2) is 5.78 Å². The Bertz CT molecular complexity index is 366. The minimum absolute atomic E-state index is 0.139. The van der Waals surface area contributed by atoms with Crippen molar-refractivity contribution in [2.75, 3.05) is 5.75 Å². The molecule has 0 radical (unpaired) electrons. The van der Waals surface area contributed by atoms with Gasteiger partial charge >= 0.3 is 0 Å². The Labute approximate surface area is 98.5 Å². The van der Waals surface area contributed by atoms with Gasteiger partial charge in [-0.15, -0.1) is 23.1 Å². The monoisotopic (exact) mass is 241 g/mol. The van der Waals surface area contributed by atoms with Crippen LogP contribution in [-0.2, 0) is 11.2 Å². The van der Waals surface area contributed by atoms with E-state index in [1.807, 2.05) is 12.3 Å². The fraction of sp³-hybridized carbons (Fsp3) is 0.636. The summed E-state index contributed by atoms with van der Waals surface area (Å²) in [7, 11) is 0. The Morgan fingerprint density at radius 3 is 3.00 bits per heavy atom. The number of carbonyl (C=O) groups is 1. The summed E-state index contributed by atoms with van der Waals surface area (Å²) < 4.78 is -0.139. The maximum Gasteiger partial charge on any atom is 0.155 e. The second kappa shape index (κ2) is 4.26. The number of hydrogen-bond donors (Lipinski definition) is 0. The number of Topliss-reactive ketones (excluding diaryl/α,β-unsaturated/α-hetero) is 1. The second-order valence-corrected chi connectivity index (χ2v) is 6.71. The van der Waals surface area contributed by atoms with Gasteiger partial charge in [0.2, 0.25) is 0 Å². The number of carbonyl (C=O) groups excluding carboxylic acids is 1. The van der Waals surface area contributed by atoms with Crippen molar-refractivity contribution >= 4 is 28.9 Å². The number of aryl methyl sites for hydroxylation is 1. The molecule has 0 saturated carbocycles. The van der Waals surface area contributed by atoms with E-state index in [0.29, 0.717) is 12.2 Å². The predicted molar refractivity (Wildman–Crippen MR) is 65.7 cm³/mol. The molecule has 1 saturated heterocycles. The summed E-state index contributed by atoms with van der Waals surface area (Å²) in [6.07, 6.45) is 2.71. The third-order valence-electron chi connectivity index (χ3n) is 2.79. The first-order valence-electron chi connectivity index (χ1n) is 5.18. The molecule has 0 amide bonds. The lowest BCUT2D eigenvalue weighted by Crippen LogP contribution is -2.30. The van der Waals surface area contributed by atoms with Crippen molar-refractivity contribution in [1.29, 1.82) is 0 Å². The van der Waals surface area contributed by atoms with E-state index in [1.54, 1.807) is 23.1 Å². The van der Waals surface area contributed by atoms with Crippen molar-refractivity contribution in [2.45, 2.75) is 37.9 Å². The van der Waals surface area contributed by atoms with Crippen molar-refractivity contribution in [3.8, 4) is 0 Å². The van der Waals surface area contributed by atoms with E-state index < -0.39 is 0 Å². The van der Waals surface area contributed by atoms with Gasteiger partial charge in [-0.25, -0.2) is 4.98 Å². The van der Waals surface area contributed by atoms with Gasteiger partial charge in [0.05, 0.1) is 11.2 Å². The average Bonchev–Trinajstić information content (AvgIpc) is 2.76. The Balaban J connectivity index is 2.03. The summed E-state index contributed by atoms with van der Waals surface area (Å²) >= 11 is 3.40. The summed E-state index contributed by atoms with van der Waals surface area (Å²) in [5.74, 6) is 1.47. The van der Waals surface area contributed by atoms with E-state index in [4.69, 9.17) is 0 Å². The summed E-state index contributed by atoms with van der Waals surface area (Å²) in [6.45, 7) is 4.05. The van der Waals surface area contributed by atoms with Gasteiger partial charge in [-0.1, -0.05) is 0 Å². The smallest absolute Gasteiger partial charge is 0.155 e. The van der Waals surface area contributed by atoms with Crippen molar-refractivity contribution in [3.63, 3.8) is 0 Å². The zero-order chi connectivity index (χ0) is 10.9. The van der Waals surface area contributed by atoms with Gasteiger partial charge in [0.1, 0.15) is 5.01 Å². The molecular formula is C11H15NOS2. The maximum absolute atomic E-state index is 12.1. The van der Waals surface area contributed by atoms with E-state index >= 15 is 0 Å². The summed E-state index contributed by atoms with van der Waals surface area (Å²) in [5, 5.41) is 2.97. The van der Waals surface area contributed by atoms with Crippen LogP contribution in [0.1, 0.15) is 30.5 Å². The van der Waals surface area contributed by atoms with Crippen molar-refractivity contribution in [3.05, 3.63) is 16.1 Å². The molecule has 82 valence electrons. The number of hydrogen-bond acceptors (Lipinski definition) is 4. The Morgan fingerprint density at radius 2 is 2.47 bits per heavy atom. The lowest BCUT2D eigenvalue weighted by Gasteiger charge is -2.19. The van der Waals surface area contributed by atoms with Gasteiger partial charge in [0, 0.05) is 11.1 Å². The number of nitrogens with zero attached hydrogens (tertiary/aromatic N) is 1. The normalized spacial score (nSPS) is 25.7. The fourth-order valence-electron chi connectivity index (χ4n) is 1.81.